The molecule has 0 saturated heterocycles. The van der Waals surface area contributed by atoms with Crippen LogP contribution in [0.2, 0.25) is 0 Å². The molecule has 0 aromatic heterocycles. The molecule has 1 aromatic carbocycles. The van der Waals surface area contributed by atoms with E-state index in [1.165, 1.54) is 18.4 Å². The summed E-state index contributed by atoms with van der Waals surface area (Å²) < 4.78 is 0. The molecule has 0 heterocycles. The topological polar surface area (TPSA) is 87.3 Å². The number of nitrogens with one attached hydrogen (secondary N) is 3. The van der Waals surface area contributed by atoms with Crippen molar-refractivity contribution in [1.82, 2.24) is 10.6 Å². The van der Waals surface area contributed by atoms with Gasteiger partial charge in [0.1, 0.15) is 0 Å². The molecule has 26 heavy (non-hydrogen) atoms. The van der Waals surface area contributed by atoms with Gasteiger partial charge < -0.3 is 16.0 Å². The summed E-state index contributed by atoms with van der Waals surface area (Å²) in [5.74, 6) is -1.67. The minimum Gasteiger partial charge on any atom is -0.349 e. The Morgan fingerprint density at radius 2 is 1.85 bits per heavy atom. The number of anilines is 1. The first-order chi connectivity index (χ1) is 12.6. The van der Waals surface area contributed by atoms with Crippen molar-refractivity contribution in [3.8, 4) is 0 Å². The molecular formula is C20H25N3O3. The highest BCUT2D eigenvalue weighted by molar-refractivity contribution is 6.40. The highest BCUT2D eigenvalue weighted by Gasteiger charge is 2.25. The van der Waals surface area contributed by atoms with E-state index in [4.69, 9.17) is 0 Å². The molecule has 3 amide bonds. The van der Waals surface area contributed by atoms with Crippen LogP contribution in [-0.4, -0.2) is 30.3 Å². The number of hydrogen-bond acceptors (Lipinski definition) is 3. The van der Waals surface area contributed by atoms with E-state index in [1.54, 1.807) is 24.3 Å². The fourth-order valence-electron chi connectivity index (χ4n) is 3.01. The zero-order valence-corrected chi connectivity index (χ0v) is 14.8. The molecule has 0 unspecified atom stereocenters. The van der Waals surface area contributed by atoms with Gasteiger partial charge in [-0.1, -0.05) is 23.8 Å². The van der Waals surface area contributed by atoms with E-state index in [1.807, 2.05) is 0 Å². The smallest absolute Gasteiger partial charge is 0.313 e. The zero-order valence-electron chi connectivity index (χ0n) is 14.8. The molecule has 0 bridgehead atoms. The minimum atomic E-state index is -0.755. The van der Waals surface area contributed by atoms with Crippen LogP contribution >= 0.6 is 0 Å². The monoisotopic (exact) mass is 355 g/mol. The fourth-order valence-corrected chi connectivity index (χ4v) is 3.01. The van der Waals surface area contributed by atoms with E-state index in [0.29, 0.717) is 17.8 Å². The maximum Gasteiger partial charge on any atom is 0.313 e. The Labute approximate surface area is 153 Å². The number of allylic oxidation sites excluding steroid dienone is 1. The maximum atomic E-state index is 12.2. The molecule has 1 saturated carbocycles. The molecule has 1 fully saturated rings. The molecule has 1 aromatic rings. The fraction of sp³-hybridized carbons (Fsp3) is 0.450. The van der Waals surface area contributed by atoms with Crippen LogP contribution in [0.25, 0.3) is 0 Å². The number of para-hydroxylation sites is 1. The molecule has 3 N–H and O–H groups in total. The van der Waals surface area contributed by atoms with Gasteiger partial charge >= 0.3 is 11.8 Å². The summed E-state index contributed by atoms with van der Waals surface area (Å²) in [6, 6.07) is 6.94. The van der Waals surface area contributed by atoms with Crippen molar-refractivity contribution in [1.29, 1.82) is 0 Å². The van der Waals surface area contributed by atoms with Gasteiger partial charge in [0, 0.05) is 12.6 Å². The Kier molecular flexibility index (Phi) is 6.04. The Morgan fingerprint density at radius 1 is 1.04 bits per heavy atom. The van der Waals surface area contributed by atoms with Crippen molar-refractivity contribution in [2.24, 2.45) is 0 Å². The Hall–Kier alpha value is -2.63. The van der Waals surface area contributed by atoms with Gasteiger partial charge in [0.05, 0.1) is 11.3 Å². The summed E-state index contributed by atoms with van der Waals surface area (Å²) in [4.78, 5) is 36.4. The molecule has 0 atom stereocenters. The van der Waals surface area contributed by atoms with Gasteiger partial charge in [-0.15, -0.1) is 0 Å². The third kappa shape index (κ3) is 5.18. The molecule has 3 rings (SSSR count). The zero-order chi connectivity index (χ0) is 18.4. The van der Waals surface area contributed by atoms with E-state index in [0.717, 1.165) is 32.1 Å². The lowest BCUT2D eigenvalue weighted by atomic mass is 9.97. The van der Waals surface area contributed by atoms with E-state index in [-0.39, 0.29) is 11.9 Å². The van der Waals surface area contributed by atoms with Gasteiger partial charge in [-0.05, 0) is 57.1 Å². The lowest BCUT2D eigenvalue weighted by molar-refractivity contribution is -0.136. The van der Waals surface area contributed by atoms with Crippen LogP contribution in [0.1, 0.15) is 55.3 Å². The number of benzene rings is 1. The second-order valence-corrected chi connectivity index (χ2v) is 6.86. The van der Waals surface area contributed by atoms with Crippen LogP contribution in [0.15, 0.2) is 35.9 Å². The molecule has 0 aliphatic heterocycles. The van der Waals surface area contributed by atoms with Crippen LogP contribution in [0, 0.1) is 0 Å². The second kappa shape index (κ2) is 8.65. The van der Waals surface area contributed by atoms with Crippen molar-refractivity contribution in [3.05, 3.63) is 41.5 Å². The highest BCUT2D eigenvalue weighted by atomic mass is 16.2. The van der Waals surface area contributed by atoms with E-state index < -0.39 is 11.8 Å². The predicted octanol–water partition coefficient (Wildman–Crippen LogP) is 2.52. The van der Waals surface area contributed by atoms with Crippen LogP contribution < -0.4 is 16.0 Å². The first kappa shape index (κ1) is 18.2. The molecule has 6 heteroatoms. The summed E-state index contributed by atoms with van der Waals surface area (Å²) in [5.41, 5.74) is 2.06. The number of rotatable bonds is 6. The molecule has 0 radical (unpaired) electrons. The van der Waals surface area contributed by atoms with Gasteiger partial charge in [0.2, 0.25) is 0 Å². The average Bonchev–Trinajstić information content (AvgIpc) is 3.47. The van der Waals surface area contributed by atoms with Crippen LogP contribution in [0.4, 0.5) is 5.69 Å². The molecular weight excluding hydrogens is 330 g/mol. The summed E-state index contributed by atoms with van der Waals surface area (Å²) in [6.45, 7) is 0.446. The van der Waals surface area contributed by atoms with Crippen LogP contribution in [-0.2, 0) is 9.59 Å². The third-order valence-corrected chi connectivity index (χ3v) is 4.66. The Balaban J connectivity index is 1.51. The van der Waals surface area contributed by atoms with Gasteiger partial charge in [-0.3, -0.25) is 14.4 Å². The average molecular weight is 355 g/mol. The number of carbonyl (C=O) groups is 3. The molecule has 6 nitrogen and oxygen atoms in total. The summed E-state index contributed by atoms with van der Waals surface area (Å²) >= 11 is 0. The second-order valence-electron chi connectivity index (χ2n) is 6.86. The quantitative estimate of drug-likeness (QED) is 0.541. The van der Waals surface area contributed by atoms with Crippen molar-refractivity contribution < 1.29 is 14.4 Å². The summed E-state index contributed by atoms with van der Waals surface area (Å²) in [5, 5.41) is 8.08. The number of amides is 3. The lowest BCUT2D eigenvalue weighted by Crippen LogP contribution is -2.36. The van der Waals surface area contributed by atoms with E-state index in [9.17, 15) is 14.4 Å². The standard InChI is InChI=1S/C20H25N3O3/c24-18(22-15-10-11-15)16-8-4-5-9-17(16)23-20(26)19(25)21-13-12-14-6-2-1-3-7-14/h4-6,8-9,15H,1-3,7,10-13H2,(H,21,25)(H,22,24)(H,23,26). The Morgan fingerprint density at radius 3 is 2.58 bits per heavy atom. The van der Waals surface area contributed by atoms with Crippen molar-refractivity contribution in [3.63, 3.8) is 0 Å². The Bertz CT molecular complexity index is 723. The molecule has 138 valence electrons. The largest absolute Gasteiger partial charge is 0.349 e. The predicted molar refractivity (Wildman–Crippen MR) is 99.7 cm³/mol. The molecule has 2 aliphatic rings. The third-order valence-electron chi connectivity index (χ3n) is 4.66. The van der Waals surface area contributed by atoms with Crippen LogP contribution in [0.3, 0.4) is 0 Å². The number of carbonyl (C=O) groups excluding carboxylic acids is 3. The molecule has 0 spiro atoms. The van der Waals surface area contributed by atoms with Crippen molar-refractivity contribution in [2.45, 2.75) is 51.0 Å². The first-order valence-electron chi connectivity index (χ1n) is 9.30. The number of hydrogen-bond donors (Lipinski definition) is 3. The lowest BCUT2D eigenvalue weighted by Gasteiger charge is -2.13. The van der Waals surface area contributed by atoms with E-state index in [2.05, 4.69) is 22.0 Å². The van der Waals surface area contributed by atoms with E-state index >= 15 is 0 Å². The van der Waals surface area contributed by atoms with Gasteiger partial charge in [0.15, 0.2) is 0 Å². The van der Waals surface area contributed by atoms with Crippen LogP contribution in [0.5, 0.6) is 0 Å². The first-order valence-corrected chi connectivity index (χ1v) is 9.30. The van der Waals surface area contributed by atoms with Crippen molar-refractivity contribution in [2.75, 3.05) is 11.9 Å². The summed E-state index contributed by atoms with van der Waals surface area (Å²) in [7, 11) is 0. The van der Waals surface area contributed by atoms with Gasteiger partial charge in [-0.25, -0.2) is 0 Å². The van der Waals surface area contributed by atoms with Gasteiger partial charge in [0.25, 0.3) is 5.91 Å². The maximum absolute atomic E-state index is 12.2. The minimum absolute atomic E-state index is 0.226. The SMILES string of the molecule is O=C(NCCC1=CCCCC1)C(=O)Nc1ccccc1C(=O)NC1CC1. The highest BCUT2D eigenvalue weighted by Crippen LogP contribution is 2.22. The normalized spacial score (nSPS) is 16.4. The van der Waals surface area contributed by atoms with Crippen molar-refractivity contribution >= 4 is 23.4 Å². The molecule has 2 aliphatic carbocycles. The van der Waals surface area contributed by atoms with Gasteiger partial charge in [-0.2, -0.15) is 0 Å². The summed E-state index contributed by atoms with van der Waals surface area (Å²) in [6.07, 6.45) is 9.57.